The summed E-state index contributed by atoms with van der Waals surface area (Å²) in [7, 11) is 0. The summed E-state index contributed by atoms with van der Waals surface area (Å²) in [4.78, 5) is 18.1. The summed E-state index contributed by atoms with van der Waals surface area (Å²) in [6.45, 7) is 3.83. The van der Waals surface area contributed by atoms with Gasteiger partial charge in [0.1, 0.15) is 25.2 Å². The highest BCUT2D eigenvalue weighted by Crippen LogP contribution is 2.40. The Labute approximate surface area is 208 Å². The number of carbonyl (C=O) groups is 1. The summed E-state index contributed by atoms with van der Waals surface area (Å²) in [5.41, 5.74) is 3.47. The molecule has 2 N–H and O–H groups in total. The van der Waals surface area contributed by atoms with Crippen LogP contribution in [0.4, 0.5) is 4.79 Å². The molecule has 1 amide bonds. The normalized spacial score (nSPS) is 19.4. The molecule has 1 fully saturated rings. The number of aromatic nitrogens is 1. The topological polar surface area (TPSA) is 93.3 Å². The standard InChI is InChI=1S/C26H29ClN2O6/c1-2-34-25(31)29-10-9-20-21-11-18(27)5-8-22(21)28-23(20)24(29)17-3-6-19(7-4-17)35-15-26(12-30)13-32-16-33-14-26/h3-8,11,24,28,30H,2,9-10,12-16H2,1H3/t24-/m0/s1. The number of aliphatic hydroxyl groups is 1. The van der Waals surface area contributed by atoms with Crippen LogP contribution in [0, 0.1) is 5.41 Å². The molecule has 35 heavy (non-hydrogen) atoms. The average Bonchev–Trinajstić information content (AvgIpc) is 3.26. The highest BCUT2D eigenvalue weighted by atomic mass is 35.5. The molecule has 0 spiro atoms. The molecule has 186 valence electrons. The Balaban J connectivity index is 1.44. The van der Waals surface area contributed by atoms with Crippen LogP contribution in [0.25, 0.3) is 10.9 Å². The molecular formula is C26H29ClN2O6. The summed E-state index contributed by atoms with van der Waals surface area (Å²) in [5.74, 6) is 0.661. The van der Waals surface area contributed by atoms with Gasteiger partial charge in [-0.3, -0.25) is 4.90 Å². The second kappa shape index (κ2) is 10.1. The molecule has 3 aromatic rings. The number of aliphatic hydroxyl groups excluding tert-OH is 1. The fraction of sp³-hybridized carbons (Fsp3) is 0.423. The van der Waals surface area contributed by atoms with E-state index >= 15 is 0 Å². The molecule has 2 aromatic carbocycles. The van der Waals surface area contributed by atoms with Crippen molar-refractivity contribution in [3.05, 3.63) is 64.3 Å². The van der Waals surface area contributed by atoms with Crippen LogP contribution in [0.1, 0.15) is 29.8 Å². The number of amides is 1. The lowest BCUT2D eigenvalue weighted by molar-refractivity contribution is -0.184. The number of benzene rings is 2. The van der Waals surface area contributed by atoms with Crippen molar-refractivity contribution >= 4 is 28.6 Å². The summed E-state index contributed by atoms with van der Waals surface area (Å²) in [6, 6.07) is 13.1. The molecule has 8 nitrogen and oxygen atoms in total. The SMILES string of the molecule is CCOC(=O)N1CCc2c([nH]c3ccc(Cl)cc23)[C@@H]1c1ccc(OCC2(CO)COCOC2)cc1. The van der Waals surface area contributed by atoms with Gasteiger partial charge in [0.25, 0.3) is 0 Å². The third-order valence-corrected chi connectivity index (χ3v) is 6.89. The molecule has 9 heteroatoms. The fourth-order valence-electron chi connectivity index (χ4n) is 4.83. The Morgan fingerprint density at radius 2 is 2.00 bits per heavy atom. The second-order valence-corrected chi connectivity index (χ2v) is 9.52. The van der Waals surface area contributed by atoms with E-state index in [1.54, 1.807) is 11.8 Å². The number of nitrogens with zero attached hydrogens (tertiary/aromatic N) is 1. The molecule has 0 aliphatic carbocycles. The van der Waals surface area contributed by atoms with Crippen LogP contribution in [0.2, 0.25) is 5.02 Å². The van der Waals surface area contributed by atoms with Gasteiger partial charge >= 0.3 is 6.09 Å². The van der Waals surface area contributed by atoms with Crippen molar-refractivity contribution in [2.75, 3.05) is 46.4 Å². The number of ether oxygens (including phenoxy) is 4. The van der Waals surface area contributed by atoms with Crippen molar-refractivity contribution in [2.45, 2.75) is 19.4 Å². The van der Waals surface area contributed by atoms with Gasteiger partial charge < -0.3 is 29.0 Å². The van der Waals surface area contributed by atoms with Gasteiger partial charge in [0.05, 0.1) is 31.8 Å². The smallest absolute Gasteiger partial charge is 0.410 e. The Morgan fingerprint density at radius 1 is 1.23 bits per heavy atom. The van der Waals surface area contributed by atoms with Crippen LogP contribution in [0.15, 0.2) is 42.5 Å². The molecule has 5 rings (SSSR count). The quantitative estimate of drug-likeness (QED) is 0.524. The van der Waals surface area contributed by atoms with Crippen LogP contribution >= 0.6 is 11.6 Å². The van der Waals surface area contributed by atoms with E-state index in [1.807, 2.05) is 42.5 Å². The average molecular weight is 501 g/mol. The first-order valence-corrected chi connectivity index (χ1v) is 12.1. The lowest BCUT2D eigenvalue weighted by Crippen LogP contribution is -2.45. The van der Waals surface area contributed by atoms with Crippen LogP contribution in [-0.2, 0) is 20.6 Å². The van der Waals surface area contributed by atoms with Gasteiger partial charge in [-0.15, -0.1) is 0 Å². The molecule has 1 aromatic heterocycles. The second-order valence-electron chi connectivity index (χ2n) is 9.08. The first kappa shape index (κ1) is 23.9. The zero-order chi connectivity index (χ0) is 24.4. The maximum atomic E-state index is 12.9. The zero-order valence-corrected chi connectivity index (χ0v) is 20.3. The predicted octanol–water partition coefficient (Wildman–Crippen LogP) is 4.29. The molecule has 1 saturated heterocycles. The number of hydrogen-bond acceptors (Lipinski definition) is 6. The number of nitrogens with one attached hydrogen (secondary N) is 1. The number of hydrogen-bond donors (Lipinski definition) is 2. The molecule has 3 heterocycles. The van der Waals surface area contributed by atoms with Gasteiger partial charge in [0, 0.05) is 28.2 Å². The number of halogens is 1. The first-order chi connectivity index (χ1) is 17.0. The number of carbonyl (C=O) groups excluding carboxylic acids is 1. The largest absolute Gasteiger partial charge is 0.493 e. The molecule has 0 radical (unpaired) electrons. The minimum Gasteiger partial charge on any atom is -0.493 e. The van der Waals surface area contributed by atoms with E-state index in [2.05, 4.69) is 4.98 Å². The molecule has 2 aliphatic heterocycles. The van der Waals surface area contributed by atoms with Crippen LogP contribution in [0.3, 0.4) is 0 Å². The van der Waals surface area contributed by atoms with E-state index in [0.29, 0.717) is 43.6 Å². The predicted molar refractivity (Wildman–Crippen MR) is 131 cm³/mol. The fourth-order valence-corrected chi connectivity index (χ4v) is 5.00. The van der Waals surface area contributed by atoms with Gasteiger partial charge in [0.15, 0.2) is 0 Å². The van der Waals surface area contributed by atoms with Crippen LogP contribution < -0.4 is 4.74 Å². The highest BCUT2D eigenvalue weighted by molar-refractivity contribution is 6.31. The summed E-state index contributed by atoms with van der Waals surface area (Å²) in [5, 5.41) is 11.6. The van der Waals surface area contributed by atoms with E-state index in [0.717, 1.165) is 27.7 Å². The monoisotopic (exact) mass is 500 g/mol. The summed E-state index contributed by atoms with van der Waals surface area (Å²) in [6.07, 6.45) is 0.363. The van der Waals surface area contributed by atoms with Crippen molar-refractivity contribution < 1.29 is 28.8 Å². The van der Waals surface area contributed by atoms with E-state index in [-0.39, 0.29) is 32.1 Å². The maximum Gasteiger partial charge on any atom is 0.410 e. The van der Waals surface area contributed by atoms with Gasteiger partial charge in [-0.05, 0) is 54.8 Å². The zero-order valence-electron chi connectivity index (χ0n) is 19.6. The molecule has 0 bridgehead atoms. The first-order valence-electron chi connectivity index (χ1n) is 11.8. The van der Waals surface area contributed by atoms with Crippen molar-refractivity contribution in [3.63, 3.8) is 0 Å². The van der Waals surface area contributed by atoms with Crippen molar-refractivity contribution in [1.29, 1.82) is 0 Å². The number of fused-ring (bicyclic) bond motifs is 3. The maximum absolute atomic E-state index is 12.9. The van der Waals surface area contributed by atoms with Gasteiger partial charge in [-0.25, -0.2) is 4.79 Å². The van der Waals surface area contributed by atoms with Gasteiger partial charge in [-0.1, -0.05) is 23.7 Å². The van der Waals surface area contributed by atoms with Crippen LogP contribution in [0.5, 0.6) is 5.75 Å². The summed E-state index contributed by atoms with van der Waals surface area (Å²) < 4.78 is 22.1. The van der Waals surface area contributed by atoms with Crippen molar-refractivity contribution in [2.24, 2.45) is 5.41 Å². The van der Waals surface area contributed by atoms with E-state index < -0.39 is 5.41 Å². The highest BCUT2D eigenvalue weighted by Gasteiger charge is 2.36. The number of aromatic amines is 1. The summed E-state index contributed by atoms with van der Waals surface area (Å²) >= 11 is 6.27. The lowest BCUT2D eigenvalue weighted by Gasteiger charge is -2.35. The van der Waals surface area contributed by atoms with Gasteiger partial charge in [-0.2, -0.15) is 0 Å². The molecule has 0 unspecified atom stereocenters. The Bertz CT molecular complexity index is 1190. The Morgan fingerprint density at radius 3 is 2.71 bits per heavy atom. The van der Waals surface area contributed by atoms with Crippen LogP contribution in [-0.4, -0.2) is 67.5 Å². The number of rotatable bonds is 6. The molecule has 2 aliphatic rings. The van der Waals surface area contributed by atoms with E-state index in [4.69, 9.17) is 30.5 Å². The van der Waals surface area contributed by atoms with Crippen molar-refractivity contribution in [1.82, 2.24) is 9.88 Å². The van der Waals surface area contributed by atoms with Gasteiger partial charge in [0.2, 0.25) is 0 Å². The number of H-pyrrole nitrogens is 1. The van der Waals surface area contributed by atoms with Crippen molar-refractivity contribution in [3.8, 4) is 5.75 Å². The van der Waals surface area contributed by atoms with E-state index in [1.165, 1.54) is 0 Å². The molecule has 1 atom stereocenters. The lowest BCUT2D eigenvalue weighted by atomic mass is 9.91. The Hall–Kier alpha value is -2.78. The third kappa shape index (κ3) is 4.71. The Kier molecular flexibility index (Phi) is 6.88. The minimum atomic E-state index is -0.582. The molecule has 0 saturated carbocycles. The minimum absolute atomic E-state index is 0.0885. The molecular weight excluding hydrogens is 472 g/mol. The van der Waals surface area contributed by atoms with E-state index in [9.17, 15) is 9.90 Å². The third-order valence-electron chi connectivity index (χ3n) is 6.65.